The van der Waals surface area contributed by atoms with E-state index in [0.717, 1.165) is 28.2 Å². The highest BCUT2D eigenvalue weighted by molar-refractivity contribution is 6.31. The van der Waals surface area contributed by atoms with Gasteiger partial charge in [-0.2, -0.15) is 0 Å². The number of anilines is 1. The van der Waals surface area contributed by atoms with Crippen molar-refractivity contribution in [2.45, 2.75) is 13.8 Å². The smallest absolute Gasteiger partial charge is 0.259 e. The molecule has 3 heterocycles. The Balaban J connectivity index is 1.69. The molecule has 0 unspecified atom stereocenters. The van der Waals surface area contributed by atoms with Crippen LogP contribution in [0.25, 0.3) is 16.9 Å². The van der Waals surface area contributed by atoms with Gasteiger partial charge in [0.15, 0.2) is 0 Å². The zero-order valence-electron chi connectivity index (χ0n) is 15.2. The van der Waals surface area contributed by atoms with Crippen molar-refractivity contribution in [2.75, 3.05) is 5.32 Å². The van der Waals surface area contributed by atoms with Gasteiger partial charge in [-0.3, -0.25) is 10.1 Å². The summed E-state index contributed by atoms with van der Waals surface area (Å²) in [6, 6.07) is 13.0. The molecule has 1 aromatic carbocycles. The monoisotopic (exact) mass is 379 g/mol. The highest BCUT2D eigenvalue weighted by Crippen LogP contribution is 2.24. The summed E-state index contributed by atoms with van der Waals surface area (Å²) in [5, 5.41) is 3.51. The molecule has 3 aromatic heterocycles. The van der Waals surface area contributed by atoms with Crippen LogP contribution in [-0.4, -0.2) is 25.0 Å². The third kappa shape index (κ3) is 2.98. The Morgan fingerprint density at radius 1 is 1.15 bits per heavy atom. The molecule has 0 fully saturated rings. The second-order valence-electron chi connectivity index (χ2n) is 6.39. The Kier molecular flexibility index (Phi) is 4.20. The van der Waals surface area contributed by atoms with E-state index in [0.29, 0.717) is 16.5 Å². The molecule has 0 spiro atoms. The molecule has 0 saturated carbocycles. The van der Waals surface area contributed by atoms with Crippen molar-refractivity contribution < 1.29 is 4.79 Å². The largest absolute Gasteiger partial charge is 0.313 e. The van der Waals surface area contributed by atoms with Crippen LogP contribution in [0.4, 0.5) is 5.95 Å². The normalized spacial score (nSPS) is 11.1. The van der Waals surface area contributed by atoms with E-state index in [-0.39, 0.29) is 5.91 Å². The number of hydrogen-bond acceptors (Lipinski definition) is 3. The fourth-order valence-corrected chi connectivity index (χ4v) is 3.45. The maximum Gasteiger partial charge on any atom is 0.259 e. The molecular formula is C20H18ClN5O. The van der Waals surface area contributed by atoms with Crippen LogP contribution in [-0.2, 0) is 7.05 Å². The van der Waals surface area contributed by atoms with Gasteiger partial charge in [0.25, 0.3) is 5.91 Å². The number of halogens is 1. The summed E-state index contributed by atoms with van der Waals surface area (Å²) in [5.41, 5.74) is 3.98. The minimum absolute atomic E-state index is 0.213. The maximum absolute atomic E-state index is 12.9. The van der Waals surface area contributed by atoms with E-state index < -0.39 is 0 Å². The molecule has 1 amide bonds. The second kappa shape index (κ2) is 6.55. The van der Waals surface area contributed by atoms with Gasteiger partial charge in [0, 0.05) is 29.7 Å². The van der Waals surface area contributed by atoms with Gasteiger partial charge in [0.05, 0.1) is 16.6 Å². The van der Waals surface area contributed by atoms with Crippen molar-refractivity contribution in [3.05, 3.63) is 70.6 Å². The number of amides is 1. The fourth-order valence-electron chi connectivity index (χ4n) is 3.28. The summed E-state index contributed by atoms with van der Waals surface area (Å²) in [6.07, 6.45) is 1.73. The standard InChI is InChI=1S/C20H18ClN5O/c1-12-10-15(13(2)26(12)18-6-4-5-9-22-18)19(27)24-20-23-16-11-14(21)7-8-17(16)25(20)3/h4-11H,1-3H3,(H,23,24,27). The molecule has 136 valence electrons. The van der Waals surface area contributed by atoms with Gasteiger partial charge in [-0.25, -0.2) is 9.97 Å². The molecule has 0 aliphatic rings. The van der Waals surface area contributed by atoms with E-state index in [1.165, 1.54) is 0 Å². The van der Waals surface area contributed by atoms with Crippen LogP contribution in [0, 0.1) is 13.8 Å². The topological polar surface area (TPSA) is 64.7 Å². The number of carbonyl (C=O) groups is 1. The van der Waals surface area contributed by atoms with Crippen molar-refractivity contribution in [1.29, 1.82) is 0 Å². The predicted molar refractivity (Wildman–Crippen MR) is 107 cm³/mol. The van der Waals surface area contributed by atoms with E-state index in [2.05, 4.69) is 15.3 Å². The number of pyridine rings is 1. The lowest BCUT2D eigenvalue weighted by molar-refractivity contribution is 0.102. The van der Waals surface area contributed by atoms with Crippen LogP contribution >= 0.6 is 11.6 Å². The molecule has 7 heteroatoms. The Morgan fingerprint density at radius 2 is 1.96 bits per heavy atom. The number of hydrogen-bond donors (Lipinski definition) is 1. The summed E-state index contributed by atoms with van der Waals surface area (Å²) in [4.78, 5) is 21.8. The molecule has 0 saturated heterocycles. The van der Waals surface area contributed by atoms with Crippen LogP contribution < -0.4 is 5.32 Å². The second-order valence-corrected chi connectivity index (χ2v) is 6.83. The van der Waals surface area contributed by atoms with E-state index in [9.17, 15) is 4.79 Å². The summed E-state index contributed by atoms with van der Waals surface area (Å²) in [5.74, 6) is 1.04. The average molecular weight is 380 g/mol. The molecule has 0 aliphatic carbocycles. The molecule has 0 aliphatic heterocycles. The Hall–Kier alpha value is -3.12. The summed E-state index contributed by atoms with van der Waals surface area (Å²) >= 11 is 6.04. The van der Waals surface area contributed by atoms with Crippen molar-refractivity contribution in [3.63, 3.8) is 0 Å². The number of nitrogens with one attached hydrogen (secondary N) is 1. The number of carbonyl (C=O) groups excluding carboxylic acids is 1. The number of benzene rings is 1. The van der Waals surface area contributed by atoms with Crippen molar-refractivity contribution in [1.82, 2.24) is 19.1 Å². The molecule has 27 heavy (non-hydrogen) atoms. The Labute approximate surface area is 161 Å². The third-order valence-electron chi connectivity index (χ3n) is 4.62. The van der Waals surface area contributed by atoms with Gasteiger partial charge in [-0.15, -0.1) is 0 Å². The number of nitrogens with zero attached hydrogens (tertiary/aromatic N) is 4. The van der Waals surface area contributed by atoms with Crippen molar-refractivity contribution >= 4 is 34.5 Å². The van der Waals surface area contributed by atoms with E-state index >= 15 is 0 Å². The quantitative estimate of drug-likeness (QED) is 0.577. The highest BCUT2D eigenvalue weighted by atomic mass is 35.5. The van der Waals surface area contributed by atoms with E-state index in [1.54, 1.807) is 18.3 Å². The molecular weight excluding hydrogens is 362 g/mol. The van der Waals surface area contributed by atoms with Gasteiger partial charge < -0.3 is 9.13 Å². The first-order chi connectivity index (χ1) is 13.0. The molecule has 4 aromatic rings. The lowest BCUT2D eigenvalue weighted by atomic mass is 10.2. The zero-order valence-corrected chi connectivity index (χ0v) is 15.9. The molecule has 1 N–H and O–H groups in total. The number of rotatable bonds is 3. The molecule has 0 atom stereocenters. The zero-order chi connectivity index (χ0) is 19.1. The molecule has 0 radical (unpaired) electrons. The summed E-state index contributed by atoms with van der Waals surface area (Å²) in [7, 11) is 1.86. The number of fused-ring (bicyclic) bond motifs is 1. The lowest BCUT2D eigenvalue weighted by Gasteiger charge is -2.09. The minimum atomic E-state index is -0.213. The number of aromatic nitrogens is 4. The van der Waals surface area contributed by atoms with Gasteiger partial charge in [-0.05, 0) is 50.2 Å². The highest BCUT2D eigenvalue weighted by Gasteiger charge is 2.19. The van der Waals surface area contributed by atoms with Gasteiger partial charge in [0.2, 0.25) is 5.95 Å². The van der Waals surface area contributed by atoms with Crippen LogP contribution in [0.2, 0.25) is 5.02 Å². The predicted octanol–water partition coefficient (Wildman–Crippen LogP) is 4.28. The molecule has 4 rings (SSSR count). The third-order valence-corrected chi connectivity index (χ3v) is 4.86. The minimum Gasteiger partial charge on any atom is -0.313 e. The van der Waals surface area contributed by atoms with Crippen molar-refractivity contribution in [3.8, 4) is 5.82 Å². The number of imidazole rings is 1. The first-order valence-electron chi connectivity index (χ1n) is 8.49. The van der Waals surface area contributed by atoms with Crippen molar-refractivity contribution in [2.24, 2.45) is 7.05 Å². The fraction of sp³-hybridized carbons (Fsp3) is 0.150. The molecule has 0 bridgehead atoms. The average Bonchev–Trinajstić information content (AvgIpc) is 3.11. The summed E-state index contributed by atoms with van der Waals surface area (Å²) < 4.78 is 3.80. The first-order valence-corrected chi connectivity index (χ1v) is 8.87. The molecule has 6 nitrogen and oxygen atoms in total. The van der Waals surface area contributed by atoms with Crippen LogP contribution in [0.1, 0.15) is 21.7 Å². The number of aryl methyl sites for hydroxylation is 2. The van der Waals surface area contributed by atoms with Crippen LogP contribution in [0.3, 0.4) is 0 Å². The van der Waals surface area contributed by atoms with Gasteiger partial charge >= 0.3 is 0 Å². The van der Waals surface area contributed by atoms with Gasteiger partial charge in [0.1, 0.15) is 5.82 Å². The van der Waals surface area contributed by atoms with E-state index in [4.69, 9.17) is 11.6 Å². The van der Waals surface area contributed by atoms with Gasteiger partial charge in [-0.1, -0.05) is 17.7 Å². The Bertz CT molecular complexity index is 1160. The first kappa shape index (κ1) is 17.3. The Morgan fingerprint density at radius 3 is 2.70 bits per heavy atom. The van der Waals surface area contributed by atoms with Crippen LogP contribution in [0.15, 0.2) is 48.7 Å². The maximum atomic E-state index is 12.9. The van der Waals surface area contributed by atoms with E-state index in [1.807, 2.05) is 60.4 Å². The lowest BCUT2D eigenvalue weighted by Crippen LogP contribution is -2.16. The SMILES string of the molecule is Cc1cc(C(=O)Nc2nc3cc(Cl)ccc3n2C)c(C)n1-c1ccccn1. The van der Waals surface area contributed by atoms with Crippen LogP contribution in [0.5, 0.6) is 0 Å². The summed E-state index contributed by atoms with van der Waals surface area (Å²) in [6.45, 7) is 3.86.